The molecule has 1 amide bonds. The fraction of sp³-hybridized carbons (Fsp3) is 0.389. The number of methoxy groups -OCH3 is 1. The number of ether oxygens (including phenoxy) is 2. The van der Waals surface area contributed by atoms with Crippen LogP contribution >= 0.6 is 0 Å². The number of H-pyrrole nitrogens is 1. The Labute approximate surface area is 149 Å². The summed E-state index contributed by atoms with van der Waals surface area (Å²) in [5, 5.41) is 2.72. The van der Waals surface area contributed by atoms with Gasteiger partial charge in [-0.25, -0.2) is 9.97 Å². The van der Waals surface area contributed by atoms with Crippen molar-refractivity contribution in [2.45, 2.75) is 25.7 Å². The number of carbonyl (C=O) groups excluding carboxylic acids is 1. The number of aromatic nitrogens is 3. The van der Waals surface area contributed by atoms with Crippen LogP contribution in [0.2, 0.25) is 0 Å². The minimum absolute atomic E-state index is 0.138. The van der Waals surface area contributed by atoms with E-state index in [2.05, 4.69) is 20.3 Å². The maximum absolute atomic E-state index is 12.3. The zero-order valence-corrected chi connectivity index (χ0v) is 14.7. The molecule has 1 saturated heterocycles. The van der Waals surface area contributed by atoms with E-state index in [4.69, 9.17) is 13.9 Å². The van der Waals surface area contributed by atoms with E-state index in [-0.39, 0.29) is 5.76 Å². The number of nitrogens with zero attached hydrogens (tertiary/aromatic N) is 2. The SMILES string of the molecule is COc1ccc(C2CCOCC2)c2nc(NC(=O)c3cnc(C)o3)[nH]c12. The van der Waals surface area contributed by atoms with Crippen molar-refractivity contribution in [2.75, 3.05) is 25.6 Å². The van der Waals surface area contributed by atoms with E-state index in [1.807, 2.05) is 12.1 Å². The van der Waals surface area contributed by atoms with Gasteiger partial charge in [0, 0.05) is 20.1 Å². The molecule has 0 spiro atoms. The van der Waals surface area contributed by atoms with E-state index in [0.717, 1.165) is 42.7 Å². The van der Waals surface area contributed by atoms with Crippen molar-refractivity contribution >= 4 is 22.9 Å². The van der Waals surface area contributed by atoms with Crippen LogP contribution in [-0.4, -0.2) is 41.2 Å². The molecule has 0 unspecified atom stereocenters. The average molecular weight is 356 g/mol. The highest BCUT2D eigenvalue weighted by Crippen LogP contribution is 2.36. The van der Waals surface area contributed by atoms with Crippen LogP contribution in [0, 0.1) is 6.92 Å². The third-order valence-corrected chi connectivity index (χ3v) is 4.60. The summed E-state index contributed by atoms with van der Waals surface area (Å²) in [5.74, 6) is 1.57. The van der Waals surface area contributed by atoms with Gasteiger partial charge in [-0.15, -0.1) is 0 Å². The number of imidazole rings is 1. The van der Waals surface area contributed by atoms with Gasteiger partial charge < -0.3 is 18.9 Å². The van der Waals surface area contributed by atoms with Gasteiger partial charge in [-0.3, -0.25) is 10.1 Å². The molecule has 0 bridgehead atoms. The maximum Gasteiger partial charge on any atom is 0.295 e. The van der Waals surface area contributed by atoms with Crippen molar-refractivity contribution in [3.8, 4) is 5.75 Å². The van der Waals surface area contributed by atoms with Crippen LogP contribution in [0.25, 0.3) is 11.0 Å². The fourth-order valence-corrected chi connectivity index (χ4v) is 3.29. The third-order valence-electron chi connectivity index (χ3n) is 4.60. The summed E-state index contributed by atoms with van der Waals surface area (Å²) < 4.78 is 16.2. The zero-order valence-electron chi connectivity index (χ0n) is 14.7. The van der Waals surface area contributed by atoms with Crippen molar-refractivity contribution in [2.24, 2.45) is 0 Å². The second-order valence-corrected chi connectivity index (χ2v) is 6.25. The number of anilines is 1. The Bertz CT molecular complexity index is 940. The lowest BCUT2D eigenvalue weighted by atomic mass is 9.90. The summed E-state index contributed by atoms with van der Waals surface area (Å²) >= 11 is 0. The molecule has 0 aliphatic carbocycles. The van der Waals surface area contributed by atoms with Gasteiger partial charge in [0.05, 0.1) is 18.8 Å². The first-order chi connectivity index (χ1) is 12.7. The number of nitrogens with one attached hydrogen (secondary N) is 2. The van der Waals surface area contributed by atoms with Crippen LogP contribution in [0.4, 0.5) is 5.95 Å². The van der Waals surface area contributed by atoms with Gasteiger partial charge in [-0.2, -0.15) is 0 Å². The lowest BCUT2D eigenvalue weighted by molar-refractivity contribution is 0.0856. The standard InChI is InChI=1S/C18H20N4O4/c1-10-19-9-14(26-10)17(23)22-18-20-15-12(11-5-7-25-8-6-11)3-4-13(24-2)16(15)21-18/h3-4,9,11H,5-8H2,1-2H3,(H2,20,21,22,23). The number of fused-ring (bicyclic) bond motifs is 1. The van der Waals surface area contributed by atoms with Gasteiger partial charge in [0.2, 0.25) is 11.7 Å². The Morgan fingerprint density at radius 1 is 1.35 bits per heavy atom. The molecule has 1 aromatic carbocycles. The predicted molar refractivity (Wildman–Crippen MR) is 94.6 cm³/mol. The number of hydrogen-bond donors (Lipinski definition) is 2. The first kappa shape index (κ1) is 16.6. The number of rotatable bonds is 4. The minimum Gasteiger partial charge on any atom is -0.494 e. The third kappa shape index (κ3) is 3.03. The van der Waals surface area contributed by atoms with Gasteiger partial charge in [-0.05, 0) is 30.4 Å². The fourth-order valence-electron chi connectivity index (χ4n) is 3.29. The van der Waals surface area contributed by atoms with Gasteiger partial charge in [0.25, 0.3) is 5.91 Å². The molecule has 1 aliphatic heterocycles. The highest BCUT2D eigenvalue weighted by molar-refractivity contribution is 6.02. The smallest absolute Gasteiger partial charge is 0.295 e. The lowest BCUT2D eigenvalue weighted by Crippen LogP contribution is -2.14. The van der Waals surface area contributed by atoms with Crippen LogP contribution in [-0.2, 0) is 4.74 Å². The first-order valence-corrected chi connectivity index (χ1v) is 8.54. The molecule has 26 heavy (non-hydrogen) atoms. The molecule has 0 saturated carbocycles. The van der Waals surface area contributed by atoms with Gasteiger partial charge in [0.15, 0.2) is 5.89 Å². The molecule has 2 N–H and O–H groups in total. The maximum atomic E-state index is 12.3. The molecule has 3 aromatic rings. The average Bonchev–Trinajstić information content (AvgIpc) is 3.27. The lowest BCUT2D eigenvalue weighted by Gasteiger charge is -2.22. The van der Waals surface area contributed by atoms with Crippen LogP contribution in [0.15, 0.2) is 22.7 Å². The van der Waals surface area contributed by atoms with Crippen molar-refractivity contribution in [1.82, 2.24) is 15.0 Å². The Morgan fingerprint density at radius 3 is 2.85 bits per heavy atom. The van der Waals surface area contributed by atoms with Gasteiger partial charge in [0.1, 0.15) is 11.3 Å². The minimum atomic E-state index is -0.406. The molecular weight excluding hydrogens is 336 g/mol. The second-order valence-electron chi connectivity index (χ2n) is 6.25. The molecule has 2 aromatic heterocycles. The summed E-state index contributed by atoms with van der Waals surface area (Å²) in [6.45, 7) is 3.18. The highest BCUT2D eigenvalue weighted by Gasteiger charge is 2.22. The molecule has 3 heterocycles. The second kappa shape index (κ2) is 6.80. The van der Waals surface area contributed by atoms with Crippen LogP contribution < -0.4 is 10.1 Å². The summed E-state index contributed by atoms with van der Waals surface area (Å²) in [4.78, 5) is 24.0. The van der Waals surface area contributed by atoms with E-state index in [0.29, 0.717) is 23.5 Å². The topological polar surface area (TPSA) is 102 Å². The highest BCUT2D eigenvalue weighted by atomic mass is 16.5. The molecule has 1 fully saturated rings. The quantitative estimate of drug-likeness (QED) is 0.745. The van der Waals surface area contributed by atoms with Crippen LogP contribution in [0.1, 0.15) is 40.8 Å². The Kier molecular flexibility index (Phi) is 4.34. The number of amides is 1. The molecule has 8 heteroatoms. The van der Waals surface area contributed by atoms with E-state index in [9.17, 15) is 4.79 Å². The molecule has 0 atom stereocenters. The molecule has 8 nitrogen and oxygen atoms in total. The van der Waals surface area contributed by atoms with Crippen molar-refractivity contribution in [3.05, 3.63) is 35.5 Å². The van der Waals surface area contributed by atoms with Crippen LogP contribution in [0.5, 0.6) is 5.75 Å². The van der Waals surface area contributed by atoms with Gasteiger partial charge in [-0.1, -0.05) is 6.07 Å². The number of aromatic amines is 1. The number of carbonyl (C=O) groups is 1. The first-order valence-electron chi connectivity index (χ1n) is 8.54. The molecule has 136 valence electrons. The van der Waals surface area contributed by atoms with Crippen molar-refractivity contribution in [1.29, 1.82) is 0 Å². The summed E-state index contributed by atoms with van der Waals surface area (Å²) in [6, 6.07) is 3.97. The van der Waals surface area contributed by atoms with Crippen molar-refractivity contribution < 1.29 is 18.7 Å². The van der Waals surface area contributed by atoms with Crippen molar-refractivity contribution in [3.63, 3.8) is 0 Å². The largest absolute Gasteiger partial charge is 0.494 e. The molecule has 0 radical (unpaired) electrons. The summed E-state index contributed by atoms with van der Waals surface area (Å²) in [5.41, 5.74) is 2.71. The van der Waals surface area contributed by atoms with Gasteiger partial charge >= 0.3 is 0 Å². The number of oxazole rings is 1. The number of benzene rings is 1. The monoisotopic (exact) mass is 356 g/mol. The van der Waals surface area contributed by atoms with E-state index in [1.165, 1.54) is 6.20 Å². The van der Waals surface area contributed by atoms with E-state index in [1.54, 1.807) is 14.0 Å². The number of hydrogen-bond acceptors (Lipinski definition) is 6. The molecule has 1 aliphatic rings. The molecule has 4 rings (SSSR count). The van der Waals surface area contributed by atoms with E-state index >= 15 is 0 Å². The number of aryl methyl sites for hydroxylation is 1. The molecular formula is C18H20N4O4. The summed E-state index contributed by atoms with van der Waals surface area (Å²) in [7, 11) is 1.61. The Balaban J connectivity index is 1.69. The van der Waals surface area contributed by atoms with Crippen LogP contribution in [0.3, 0.4) is 0 Å². The Hall–Kier alpha value is -2.87. The van der Waals surface area contributed by atoms with E-state index < -0.39 is 5.91 Å². The summed E-state index contributed by atoms with van der Waals surface area (Å²) in [6.07, 6.45) is 3.29. The predicted octanol–water partition coefficient (Wildman–Crippen LogP) is 3.01. The normalized spacial score (nSPS) is 15.3. The Morgan fingerprint density at radius 2 is 2.15 bits per heavy atom. The zero-order chi connectivity index (χ0) is 18.1.